The number of aromatic nitrogens is 3. The maximum Gasteiger partial charge on any atom is 0.362 e. The first kappa shape index (κ1) is 37.4. The van der Waals surface area contributed by atoms with Gasteiger partial charge in [-0.2, -0.15) is 0 Å². The summed E-state index contributed by atoms with van der Waals surface area (Å²) in [7, 11) is -2.19. The Labute approximate surface area is 289 Å². The fourth-order valence-electron chi connectivity index (χ4n) is 4.66. The highest BCUT2D eigenvalue weighted by atomic mass is 28.4. The number of nitrogens with zero attached hydrogens (tertiary/aromatic N) is 3. The van der Waals surface area contributed by atoms with Crippen LogP contribution in [0.4, 0.5) is 0 Å². The molecule has 0 saturated carbocycles. The van der Waals surface area contributed by atoms with Crippen LogP contribution in [0.2, 0.25) is 18.1 Å². The van der Waals surface area contributed by atoms with Crippen molar-refractivity contribution in [1.29, 1.82) is 0 Å². The molecule has 49 heavy (non-hydrogen) atoms. The van der Waals surface area contributed by atoms with E-state index in [1.165, 1.54) is 0 Å². The first-order chi connectivity index (χ1) is 22.9. The lowest BCUT2D eigenvalue weighted by atomic mass is 10.1. The summed E-state index contributed by atoms with van der Waals surface area (Å²) in [6, 6.07) is 17.7. The van der Waals surface area contributed by atoms with Gasteiger partial charge in [-0.3, -0.25) is 4.79 Å². The number of carbonyl (C=O) groups is 2. The molecule has 1 atom stereocenters. The SMILES string of the molecule is Cc1noc(C)c1-c1cc(C(=O)Oc2ccccc2)nc(-c2cccc(OCC(CNCC(=O)OC(C)(C)C)O[Si](C)(C)C(C)(C)C)c2)n1. The maximum absolute atomic E-state index is 13.3. The van der Waals surface area contributed by atoms with Gasteiger partial charge in [0.2, 0.25) is 0 Å². The molecule has 0 aliphatic heterocycles. The number of nitrogens with one attached hydrogen (secondary N) is 1. The van der Waals surface area contributed by atoms with Gasteiger partial charge in [0.05, 0.1) is 29.6 Å². The van der Waals surface area contributed by atoms with Crippen molar-refractivity contribution in [2.24, 2.45) is 0 Å². The molecule has 2 aromatic heterocycles. The number of carbonyl (C=O) groups excluding carboxylic acids is 2. The number of hydrogen-bond acceptors (Lipinski definition) is 11. The minimum atomic E-state index is -2.19. The average molecular weight is 689 g/mol. The summed E-state index contributed by atoms with van der Waals surface area (Å²) < 4.78 is 29.4. The third-order valence-corrected chi connectivity index (χ3v) is 12.6. The molecule has 1 N–H and O–H groups in total. The molecule has 0 radical (unpaired) electrons. The van der Waals surface area contributed by atoms with Crippen molar-refractivity contribution in [1.82, 2.24) is 20.4 Å². The molecular formula is C37H48N4O7Si. The lowest BCUT2D eigenvalue weighted by Crippen LogP contribution is -2.48. The molecule has 2 heterocycles. The van der Waals surface area contributed by atoms with Crippen LogP contribution < -0.4 is 14.8 Å². The average Bonchev–Trinajstić information content (AvgIpc) is 3.36. The smallest absolute Gasteiger partial charge is 0.362 e. The molecule has 0 bridgehead atoms. The summed E-state index contributed by atoms with van der Waals surface area (Å²) in [5, 5.41) is 7.22. The molecule has 0 spiro atoms. The minimum Gasteiger partial charge on any atom is -0.491 e. The van der Waals surface area contributed by atoms with Crippen molar-refractivity contribution < 1.29 is 32.7 Å². The number of hydrogen-bond donors (Lipinski definition) is 1. The Morgan fingerprint density at radius 2 is 1.61 bits per heavy atom. The highest BCUT2D eigenvalue weighted by Gasteiger charge is 2.39. The molecule has 2 aromatic carbocycles. The van der Waals surface area contributed by atoms with Crippen LogP contribution in [0, 0.1) is 13.8 Å². The Morgan fingerprint density at radius 1 is 0.918 bits per heavy atom. The van der Waals surface area contributed by atoms with Crippen LogP contribution in [0.25, 0.3) is 22.6 Å². The summed E-state index contributed by atoms with van der Waals surface area (Å²) in [6.07, 6.45) is -0.342. The fourth-order valence-corrected chi connectivity index (χ4v) is 6.00. The van der Waals surface area contributed by atoms with Crippen LogP contribution in [-0.2, 0) is 14.0 Å². The highest BCUT2D eigenvalue weighted by molar-refractivity contribution is 6.74. The number of rotatable bonds is 13. The second kappa shape index (κ2) is 15.4. The number of benzene rings is 2. The summed E-state index contributed by atoms with van der Waals surface area (Å²) in [6.45, 7) is 20.7. The Hall–Kier alpha value is -4.39. The quantitative estimate of drug-likeness (QED) is 0.0859. The predicted octanol–water partition coefficient (Wildman–Crippen LogP) is 7.34. The Bertz CT molecular complexity index is 1720. The standard InChI is InChI=1S/C37H48N4O7Si/c1-24-33(25(2)47-41-24)30-20-31(35(43)45-27-16-12-11-13-17-27)40-34(39-30)26-15-14-18-28(19-26)44-23-29(48-49(9,10)37(6,7)8)21-38-22-32(42)46-36(3,4)5/h11-20,29,38H,21-23H2,1-10H3. The van der Waals surface area contributed by atoms with E-state index >= 15 is 0 Å². The van der Waals surface area contributed by atoms with Crippen molar-refractivity contribution in [3.8, 4) is 34.1 Å². The number of para-hydroxylation sites is 1. The Balaban J connectivity index is 1.59. The van der Waals surface area contributed by atoms with E-state index in [1.807, 2.05) is 58.0 Å². The van der Waals surface area contributed by atoms with Gasteiger partial charge in [-0.15, -0.1) is 0 Å². The highest BCUT2D eigenvalue weighted by Crippen LogP contribution is 2.37. The van der Waals surface area contributed by atoms with Crippen molar-refractivity contribution >= 4 is 20.3 Å². The molecule has 0 amide bonds. The number of aryl methyl sites for hydroxylation is 2. The molecule has 4 aromatic rings. The third-order valence-electron chi connectivity index (χ3n) is 8.04. The van der Waals surface area contributed by atoms with E-state index in [4.69, 9.17) is 28.1 Å². The van der Waals surface area contributed by atoms with E-state index in [2.05, 4.69) is 49.3 Å². The van der Waals surface area contributed by atoms with Crippen molar-refractivity contribution in [3.05, 3.63) is 77.8 Å². The summed E-state index contributed by atoms with van der Waals surface area (Å²) in [5.41, 5.74) is 1.93. The lowest BCUT2D eigenvalue weighted by Gasteiger charge is -2.39. The zero-order chi connectivity index (χ0) is 36.0. The van der Waals surface area contributed by atoms with Crippen LogP contribution in [0.1, 0.15) is 63.5 Å². The normalized spacial score (nSPS) is 12.8. The molecule has 0 aliphatic carbocycles. The van der Waals surface area contributed by atoms with Gasteiger partial charge in [-0.25, -0.2) is 14.8 Å². The van der Waals surface area contributed by atoms with Gasteiger partial charge in [0.1, 0.15) is 29.5 Å². The second-order valence-electron chi connectivity index (χ2n) is 14.4. The second-order valence-corrected chi connectivity index (χ2v) is 19.2. The van der Waals surface area contributed by atoms with Crippen LogP contribution >= 0.6 is 0 Å². The van der Waals surface area contributed by atoms with Crippen LogP contribution in [0.3, 0.4) is 0 Å². The van der Waals surface area contributed by atoms with Crippen molar-refractivity contribution in [2.45, 2.75) is 85.2 Å². The van der Waals surface area contributed by atoms with Gasteiger partial charge in [-0.05, 0) is 83.1 Å². The van der Waals surface area contributed by atoms with Gasteiger partial charge in [0, 0.05) is 12.1 Å². The number of ether oxygens (including phenoxy) is 3. The zero-order valence-electron chi connectivity index (χ0n) is 30.2. The van der Waals surface area contributed by atoms with E-state index in [1.54, 1.807) is 37.3 Å². The topological polar surface area (TPSA) is 135 Å². The first-order valence-electron chi connectivity index (χ1n) is 16.3. The Morgan fingerprint density at radius 3 is 2.24 bits per heavy atom. The monoisotopic (exact) mass is 688 g/mol. The largest absolute Gasteiger partial charge is 0.491 e. The van der Waals surface area contributed by atoms with Crippen molar-refractivity contribution in [2.75, 3.05) is 19.7 Å². The summed E-state index contributed by atoms with van der Waals surface area (Å²) in [5.74, 6) is 0.869. The molecule has 12 heteroatoms. The molecule has 4 rings (SSSR count). The molecule has 0 fully saturated rings. The molecule has 11 nitrogen and oxygen atoms in total. The molecule has 0 aliphatic rings. The third kappa shape index (κ3) is 10.5. The van der Waals surface area contributed by atoms with Gasteiger partial charge in [0.25, 0.3) is 0 Å². The van der Waals surface area contributed by atoms with Gasteiger partial charge in [0.15, 0.2) is 19.8 Å². The van der Waals surface area contributed by atoms with E-state index in [0.29, 0.717) is 52.1 Å². The van der Waals surface area contributed by atoms with Gasteiger partial charge < -0.3 is 28.5 Å². The Kier molecular flexibility index (Phi) is 11.8. The zero-order valence-corrected chi connectivity index (χ0v) is 31.2. The van der Waals surface area contributed by atoms with Gasteiger partial charge >= 0.3 is 11.9 Å². The molecular weight excluding hydrogens is 641 g/mol. The van der Waals surface area contributed by atoms with Gasteiger partial charge in [-0.1, -0.05) is 56.3 Å². The van der Waals surface area contributed by atoms with Crippen LogP contribution in [0.15, 0.2) is 65.2 Å². The molecule has 1 unspecified atom stereocenters. The van der Waals surface area contributed by atoms with E-state index in [0.717, 1.165) is 0 Å². The molecule has 262 valence electrons. The number of esters is 2. The van der Waals surface area contributed by atoms with Crippen LogP contribution in [-0.4, -0.2) is 66.8 Å². The molecule has 0 saturated heterocycles. The summed E-state index contributed by atoms with van der Waals surface area (Å²) in [4.78, 5) is 35.0. The van der Waals surface area contributed by atoms with E-state index in [9.17, 15) is 9.59 Å². The first-order valence-corrected chi connectivity index (χ1v) is 19.3. The van der Waals surface area contributed by atoms with Crippen molar-refractivity contribution in [3.63, 3.8) is 0 Å². The predicted molar refractivity (Wildman–Crippen MR) is 190 cm³/mol. The fraction of sp³-hybridized carbons (Fsp3) is 0.432. The van der Waals surface area contributed by atoms with Crippen LogP contribution in [0.5, 0.6) is 11.5 Å². The summed E-state index contributed by atoms with van der Waals surface area (Å²) >= 11 is 0. The maximum atomic E-state index is 13.3. The lowest BCUT2D eigenvalue weighted by molar-refractivity contribution is -0.153. The van der Waals surface area contributed by atoms with E-state index in [-0.39, 0.29) is 36.0 Å². The van der Waals surface area contributed by atoms with E-state index < -0.39 is 19.9 Å². The minimum absolute atomic E-state index is 0.0285.